The lowest BCUT2D eigenvalue weighted by Crippen LogP contribution is -2.46. The molecule has 1 unspecified atom stereocenters. The fourth-order valence-electron chi connectivity index (χ4n) is 4.37. The molecule has 0 amide bonds. The van der Waals surface area contributed by atoms with Crippen LogP contribution in [0.4, 0.5) is 30.4 Å². The number of halogens is 4. The summed E-state index contributed by atoms with van der Waals surface area (Å²) in [6, 6.07) is 7.07. The Hall–Kier alpha value is -2.78. The standard InChI is InChI=1S/C24H28ClF3N6/c1-4-33-5-7-34(8-6-33)21-13-19-20(9-14(21)2)31-23(25)32-22(19)30-15(3)16-10-17(24(26,27)28)12-18(29)11-16/h9-13,15H,4-8,29H2,1-3H3,(H,30,31,32). The largest absolute Gasteiger partial charge is 0.416 e. The number of nitrogens with zero attached hydrogens (tertiary/aromatic N) is 4. The zero-order valence-electron chi connectivity index (χ0n) is 19.4. The summed E-state index contributed by atoms with van der Waals surface area (Å²) in [5.41, 5.74) is 8.27. The third kappa shape index (κ3) is 5.15. The molecular weight excluding hydrogens is 465 g/mol. The average Bonchev–Trinajstić information content (AvgIpc) is 2.77. The average molecular weight is 493 g/mol. The van der Waals surface area contributed by atoms with Gasteiger partial charge in [-0.3, -0.25) is 0 Å². The first-order valence-corrected chi connectivity index (χ1v) is 11.6. The van der Waals surface area contributed by atoms with E-state index in [1.54, 1.807) is 6.92 Å². The van der Waals surface area contributed by atoms with Crippen LogP contribution in [0, 0.1) is 6.92 Å². The van der Waals surface area contributed by atoms with Crippen LogP contribution >= 0.6 is 11.6 Å². The fraction of sp³-hybridized carbons (Fsp3) is 0.417. The highest BCUT2D eigenvalue weighted by Gasteiger charge is 2.31. The Bertz CT molecular complexity index is 1190. The number of alkyl halides is 3. The summed E-state index contributed by atoms with van der Waals surface area (Å²) in [7, 11) is 0. The topological polar surface area (TPSA) is 70.3 Å². The first-order valence-electron chi connectivity index (χ1n) is 11.2. The fourth-order valence-corrected chi connectivity index (χ4v) is 4.55. The van der Waals surface area contributed by atoms with Gasteiger partial charge in [-0.25, -0.2) is 9.97 Å². The molecule has 2 aromatic carbocycles. The van der Waals surface area contributed by atoms with Crippen molar-refractivity contribution in [1.82, 2.24) is 14.9 Å². The smallest absolute Gasteiger partial charge is 0.399 e. The molecular formula is C24H28ClF3N6. The van der Waals surface area contributed by atoms with Crippen LogP contribution in [0.15, 0.2) is 30.3 Å². The summed E-state index contributed by atoms with van der Waals surface area (Å²) in [4.78, 5) is 13.5. The lowest BCUT2D eigenvalue weighted by molar-refractivity contribution is -0.137. The number of anilines is 3. The molecule has 182 valence electrons. The van der Waals surface area contributed by atoms with Crippen LogP contribution in [0.5, 0.6) is 0 Å². The van der Waals surface area contributed by atoms with Crippen molar-refractivity contribution in [3.05, 3.63) is 52.3 Å². The van der Waals surface area contributed by atoms with E-state index in [1.165, 1.54) is 6.07 Å². The van der Waals surface area contributed by atoms with Crippen LogP contribution in [0.3, 0.4) is 0 Å². The number of hydrogen-bond donors (Lipinski definition) is 2. The molecule has 3 aromatic rings. The number of nitrogen functional groups attached to an aromatic ring is 1. The second-order valence-corrected chi connectivity index (χ2v) is 9.01. The number of nitrogens with one attached hydrogen (secondary N) is 1. The number of piperazine rings is 1. The van der Waals surface area contributed by atoms with E-state index in [9.17, 15) is 13.2 Å². The van der Waals surface area contributed by atoms with Gasteiger partial charge in [0.25, 0.3) is 0 Å². The number of likely N-dealkylation sites (N-methyl/N-ethyl adjacent to an activating group) is 1. The summed E-state index contributed by atoms with van der Waals surface area (Å²) in [5, 5.41) is 4.05. The normalized spacial score (nSPS) is 16.1. The summed E-state index contributed by atoms with van der Waals surface area (Å²) in [6.45, 7) is 10.8. The third-order valence-electron chi connectivity index (χ3n) is 6.30. The van der Waals surface area contributed by atoms with Gasteiger partial charge in [-0.1, -0.05) is 6.92 Å². The second-order valence-electron chi connectivity index (χ2n) is 8.67. The molecule has 0 aliphatic carbocycles. The Morgan fingerprint density at radius 1 is 1.09 bits per heavy atom. The van der Waals surface area contributed by atoms with Crippen molar-refractivity contribution in [2.45, 2.75) is 33.0 Å². The van der Waals surface area contributed by atoms with Crippen molar-refractivity contribution in [2.75, 3.05) is 48.7 Å². The molecule has 3 N–H and O–H groups in total. The minimum absolute atomic E-state index is 0.0492. The Kier molecular flexibility index (Phi) is 6.78. The van der Waals surface area contributed by atoms with Gasteiger partial charge in [0.15, 0.2) is 0 Å². The molecule has 0 spiro atoms. The van der Waals surface area contributed by atoms with E-state index in [0.29, 0.717) is 16.9 Å². The van der Waals surface area contributed by atoms with Gasteiger partial charge in [-0.2, -0.15) is 13.2 Å². The van der Waals surface area contributed by atoms with Gasteiger partial charge in [0, 0.05) is 42.9 Å². The van der Waals surface area contributed by atoms with Crippen LogP contribution < -0.4 is 16.0 Å². The molecule has 6 nitrogen and oxygen atoms in total. The maximum atomic E-state index is 13.3. The van der Waals surface area contributed by atoms with Crippen molar-refractivity contribution in [1.29, 1.82) is 0 Å². The highest BCUT2D eigenvalue weighted by Crippen LogP contribution is 2.35. The molecule has 1 saturated heterocycles. The number of rotatable bonds is 5. The van der Waals surface area contributed by atoms with Crippen molar-refractivity contribution in [3.63, 3.8) is 0 Å². The summed E-state index contributed by atoms with van der Waals surface area (Å²) in [5.74, 6) is 0.465. The molecule has 10 heteroatoms. The van der Waals surface area contributed by atoms with Gasteiger partial charge in [0.1, 0.15) is 5.82 Å². The zero-order valence-corrected chi connectivity index (χ0v) is 20.1. The van der Waals surface area contributed by atoms with E-state index < -0.39 is 17.8 Å². The van der Waals surface area contributed by atoms with Gasteiger partial charge in [0.05, 0.1) is 17.1 Å². The second kappa shape index (κ2) is 9.46. The molecule has 1 aliphatic heterocycles. The molecule has 1 aliphatic rings. The van der Waals surface area contributed by atoms with Crippen molar-refractivity contribution < 1.29 is 13.2 Å². The Balaban J connectivity index is 1.69. The maximum Gasteiger partial charge on any atom is 0.416 e. The van der Waals surface area contributed by atoms with Gasteiger partial charge in [0.2, 0.25) is 5.28 Å². The van der Waals surface area contributed by atoms with Gasteiger partial charge >= 0.3 is 6.18 Å². The highest BCUT2D eigenvalue weighted by atomic mass is 35.5. The minimum Gasteiger partial charge on any atom is -0.399 e. The predicted octanol–water partition coefficient (Wildman–Crippen LogP) is 5.51. The maximum absolute atomic E-state index is 13.3. The first kappa shape index (κ1) is 24.3. The van der Waals surface area contributed by atoms with Crippen molar-refractivity contribution in [3.8, 4) is 0 Å². The number of aryl methyl sites for hydroxylation is 1. The number of aromatic nitrogens is 2. The van der Waals surface area contributed by atoms with E-state index >= 15 is 0 Å². The molecule has 1 aromatic heterocycles. The lowest BCUT2D eigenvalue weighted by Gasteiger charge is -2.36. The van der Waals surface area contributed by atoms with Gasteiger partial charge in [-0.05, 0) is 73.5 Å². The molecule has 0 radical (unpaired) electrons. The molecule has 4 rings (SSSR count). The Labute approximate surface area is 201 Å². The van der Waals surface area contributed by atoms with E-state index in [0.717, 1.165) is 61.5 Å². The van der Waals surface area contributed by atoms with Gasteiger partial charge in [-0.15, -0.1) is 0 Å². The minimum atomic E-state index is -4.48. The quantitative estimate of drug-likeness (QED) is 0.361. The molecule has 0 saturated carbocycles. The summed E-state index contributed by atoms with van der Waals surface area (Å²) in [6.07, 6.45) is -4.48. The zero-order chi connectivity index (χ0) is 24.6. The molecule has 1 atom stereocenters. The van der Waals surface area contributed by atoms with Crippen molar-refractivity contribution in [2.24, 2.45) is 0 Å². The highest BCUT2D eigenvalue weighted by molar-refractivity contribution is 6.28. The predicted molar refractivity (Wildman–Crippen MR) is 132 cm³/mol. The molecule has 1 fully saturated rings. The molecule has 34 heavy (non-hydrogen) atoms. The van der Waals surface area contributed by atoms with Crippen LogP contribution in [0.2, 0.25) is 5.28 Å². The van der Waals surface area contributed by atoms with Crippen LogP contribution in [0.1, 0.15) is 36.6 Å². The SMILES string of the molecule is CCN1CCN(c2cc3c(NC(C)c4cc(N)cc(C(F)(F)F)c4)nc(Cl)nc3cc2C)CC1. The number of nitrogens with two attached hydrogens (primary N) is 1. The van der Waals surface area contributed by atoms with Crippen LogP contribution in [-0.4, -0.2) is 47.6 Å². The number of hydrogen-bond acceptors (Lipinski definition) is 6. The van der Waals surface area contributed by atoms with E-state index in [1.807, 2.05) is 19.1 Å². The van der Waals surface area contributed by atoms with Crippen LogP contribution in [0.25, 0.3) is 10.9 Å². The van der Waals surface area contributed by atoms with E-state index in [4.69, 9.17) is 17.3 Å². The van der Waals surface area contributed by atoms with E-state index in [2.05, 4.69) is 32.0 Å². The van der Waals surface area contributed by atoms with Crippen LogP contribution in [-0.2, 0) is 6.18 Å². The molecule has 0 bridgehead atoms. The first-order chi connectivity index (χ1) is 16.0. The Morgan fingerprint density at radius 2 is 1.79 bits per heavy atom. The Morgan fingerprint density at radius 3 is 2.44 bits per heavy atom. The summed E-state index contributed by atoms with van der Waals surface area (Å²) >= 11 is 6.19. The number of benzene rings is 2. The third-order valence-corrected chi connectivity index (χ3v) is 6.47. The number of fused-ring (bicyclic) bond motifs is 1. The van der Waals surface area contributed by atoms with Crippen molar-refractivity contribution >= 4 is 39.7 Å². The monoisotopic (exact) mass is 492 g/mol. The van der Waals surface area contributed by atoms with E-state index in [-0.39, 0.29) is 11.0 Å². The summed E-state index contributed by atoms with van der Waals surface area (Å²) < 4.78 is 39.9. The lowest BCUT2D eigenvalue weighted by atomic mass is 10.0. The van der Waals surface area contributed by atoms with Gasteiger partial charge < -0.3 is 20.9 Å². The molecule has 2 heterocycles.